The van der Waals surface area contributed by atoms with Crippen LogP contribution in [0.4, 0.5) is 5.13 Å². The molecule has 0 aliphatic carbocycles. The lowest BCUT2D eigenvalue weighted by atomic mass is 10.2. The van der Waals surface area contributed by atoms with Crippen molar-refractivity contribution in [1.29, 1.82) is 0 Å². The number of hydrogen-bond donors (Lipinski definition) is 1. The average molecular weight is 256 g/mol. The molecular formula is C12H20N2O2S. The zero-order valence-corrected chi connectivity index (χ0v) is 11.9. The summed E-state index contributed by atoms with van der Waals surface area (Å²) in [4.78, 5) is 16.8. The molecule has 0 saturated heterocycles. The maximum Gasteiger partial charge on any atom is 0.350 e. The van der Waals surface area contributed by atoms with E-state index in [4.69, 9.17) is 4.74 Å². The number of aromatic nitrogens is 1. The Morgan fingerprint density at radius 1 is 1.47 bits per heavy atom. The lowest BCUT2D eigenvalue weighted by molar-refractivity contribution is 0.00742. The number of nitrogens with zero attached hydrogens (tertiary/aromatic N) is 1. The Kier molecular flexibility index (Phi) is 4.51. The van der Waals surface area contributed by atoms with Gasteiger partial charge in [0.25, 0.3) is 0 Å². The molecule has 5 heteroatoms. The smallest absolute Gasteiger partial charge is 0.350 e. The molecule has 4 nitrogen and oxygen atoms in total. The number of esters is 1. The first kappa shape index (κ1) is 14.0. The first-order chi connectivity index (χ1) is 7.83. The van der Waals surface area contributed by atoms with Gasteiger partial charge < -0.3 is 10.1 Å². The Labute approximate surface area is 106 Å². The first-order valence-corrected chi connectivity index (χ1v) is 6.59. The van der Waals surface area contributed by atoms with Crippen molar-refractivity contribution in [1.82, 2.24) is 4.98 Å². The highest BCUT2D eigenvalue weighted by atomic mass is 32.1. The number of thiazole rings is 1. The van der Waals surface area contributed by atoms with Gasteiger partial charge in [-0.05, 0) is 34.1 Å². The normalized spacial score (nSPS) is 11.4. The molecule has 1 heterocycles. The molecule has 1 N–H and O–H groups in total. The van der Waals surface area contributed by atoms with Gasteiger partial charge in [0, 0.05) is 6.54 Å². The molecule has 0 amide bonds. The molecule has 1 aromatic heterocycles. The molecule has 0 aliphatic rings. The summed E-state index contributed by atoms with van der Waals surface area (Å²) in [7, 11) is 0. The van der Waals surface area contributed by atoms with E-state index in [2.05, 4.69) is 17.2 Å². The van der Waals surface area contributed by atoms with Gasteiger partial charge >= 0.3 is 5.97 Å². The van der Waals surface area contributed by atoms with Crippen molar-refractivity contribution < 1.29 is 9.53 Å². The summed E-state index contributed by atoms with van der Waals surface area (Å²) < 4.78 is 5.33. The van der Waals surface area contributed by atoms with Crippen molar-refractivity contribution in [3.63, 3.8) is 0 Å². The maximum absolute atomic E-state index is 11.9. The number of nitrogens with one attached hydrogen (secondary N) is 1. The van der Waals surface area contributed by atoms with Crippen LogP contribution in [0.1, 0.15) is 49.5 Å². The fourth-order valence-electron chi connectivity index (χ4n) is 1.22. The van der Waals surface area contributed by atoms with Crippen LogP contribution in [0.15, 0.2) is 0 Å². The highest BCUT2D eigenvalue weighted by Gasteiger charge is 2.22. The third-order valence-electron chi connectivity index (χ3n) is 1.91. The third kappa shape index (κ3) is 4.34. The van der Waals surface area contributed by atoms with Crippen LogP contribution in [0.2, 0.25) is 0 Å². The van der Waals surface area contributed by atoms with E-state index in [1.165, 1.54) is 11.3 Å². The molecule has 0 spiro atoms. The molecule has 0 atom stereocenters. The minimum atomic E-state index is -0.468. The standard InChI is InChI=1S/C12H20N2O2S/c1-6-7-13-11-14-8(2)9(17-11)10(15)16-12(3,4)5/h6-7H2,1-5H3,(H,13,14). The molecule has 0 radical (unpaired) electrons. The van der Waals surface area contributed by atoms with Crippen LogP contribution in [0.25, 0.3) is 0 Å². The van der Waals surface area contributed by atoms with E-state index in [1.807, 2.05) is 27.7 Å². The molecule has 0 aromatic carbocycles. The summed E-state index contributed by atoms with van der Waals surface area (Å²) in [6.45, 7) is 10.3. The predicted octanol–water partition coefficient (Wildman–Crippen LogP) is 3.23. The Morgan fingerprint density at radius 2 is 2.12 bits per heavy atom. The van der Waals surface area contributed by atoms with E-state index >= 15 is 0 Å². The molecule has 0 aliphatic heterocycles. The zero-order chi connectivity index (χ0) is 13.1. The summed E-state index contributed by atoms with van der Waals surface area (Å²) in [5.41, 5.74) is 0.257. The van der Waals surface area contributed by atoms with E-state index in [0.29, 0.717) is 4.88 Å². The summed E-state index contributed by atoms with van der Waals surface area (Å²) >= 11 is 1.35. The van der Waals surface area contributed by atoms with E-state index in [1.54, 1.807) is 0 Å². The molecule has 0 saturated carbocycles. The number of carbonyl (C=O) groups is 1. The second-order valence-electron chi connectivity index (χ2n) is 4.86. The summed E-state index contributed by atoms with van der Waals surface area (Å²) in [5.74, 6) is -0.294. The van der Waals surface area contributed by atoms with Crippen molar-refractivity contribution in [3.8, 4) is 0 Å². The van der Waals surface area contributed by atoms with Crippen LogP contribution in [0.5, 0.6) is 0 Å². The fourth-order valence-corrected chi connectivity index (χ4v) is 2.09. The van der Waals surface area contributed by atoms with Gasteiger partial charge in [-0.15, -0.1) is 0 Å². The van der Waals surface area contributed by atoms with Crippen LogP contribution in [0.3, 0.4) is 0 Å². The average Bonchev–Trinajstić information content (AvgIpc) is 2.54. The molecular weight excluding hydrogens is 236 g/mol. The quantitative estimate of drug-likeness (QED) is 0.840. The summed E-state index contributed by atoms with van der Waals surface area (Å²) in [6.07, 6.45) is 1.03. The van der Waals surface area contributed by atoms with Crippen LogP contribution < -0.4 is 5.32 Å². The number of anilines is 1. The number of rotatable bonds is 4. The fraction of sp³-hybridized carbons (Fsp3) is 0.667. The van der Waals surface area contributed by atoms with Gasteiger partial charge in [0.1, 0.15) is 10.5 Å². The maximum atomic E-state index is 11.9. The number of aryl methyl sites for hydroxylation is 1. The van der Waals surface area contributed by atoms with Gasteiger partial charge in [0.2, 0.25) is 0 Å². The van der Waals surface area contributed by atoms with Gasteiger partial charge in [-0.2, -0.15) is 0 Å². The van der Waals surface area contributed by atoms with Gasteiger partial charge in [0.05, 0.1) is 5.69 Å². The molecule has 0 bridgehead atoms. The van der Waals surface area contributed by atoms with Crippen molar-refractivity contribution in [3.05, 3.63) is 10.6 Å². The molecule has 1 aromatic rings. The largest absolute Gasteiger partial charge is 0.456 e. The molecule has 0 fully saturated rings. The Bertz CT molecular complexity index is 394. The van der Waals surface area contributed by atoms with Gasteiger partial charge in [-0.3, -0.25) is 0 Å². The van der Waals surface area contributed by atoms with Crippen LogP contribution in [-0.2, 0) is 4.74 Å². The Hall–Kier alpha value is -1.10. The Morgan fingerprint density at radius 3 is 2.65 bits per heavy atom. The van der Waals surface area contributed by atoms with E-state index < -0.39 is 5.60 Å². The second kappa shape index (κ2) is 5.49. The molecule has 96 valence electrons. The zero-order valence-electron chi connectivity index (χ0n) is 11.1. The minimum Gasteiger partial charge on any atom is -0.456 e. The molecule has 0 unspecified atom stereocenters. The monoisotopic (exact) mass is 256 g/mol. The van der Waals surface area contributed by atoms with Crippen molar-refractivity contribution >= 4 is 22.4 Å². The van der Waals surface area contributed by atoms with Crippen molar-refractivity contribution in [2.45, 2.75) is 46.6 Å². The number of ether oxygens (including phenoxy) is 1. The SMILES string of the molecule is CCCNc1nc(C)c(C(=O)OC(C)(C)C)s1. The minimum absolute atomic E-state index is 0.294. The van der Waals surface area contributed by atoms with E-state index in [-0.39, 0.29) is 5.97 Å². The van der Waals surface area contributed by atoms with E-state index in [0.717, 1.165) is 23.8 Å². The number of carbonyl (C=O) groups excluding carboxylic acids is 1. The lowest BCUT2D eigenvalue weighted by Crippen LogP contribution is -2.23. The summed E-state index contributed by atoms with van der Waals surface area (Å²) in [5, 5.41) is 3.96. The van der Waals surface area contributed by atoms with Gasteiger partial charge in [0.15, 0.2) is 5.13 Å². The molecule has 17 heavy (non-hydrogen) atoms. The predicted molar refractivity (Wildman–Crippen MR) is 70.8 cm³/mol. The van der Waals surface area contributed by atoms with Crippen molar-refractivity contribution in [2.24, 2.45) is 0 Å². The lowest BCUT2D eigenvalue weighted by Gasteiger charge is -2.18. The van der Waals surface area contributed by atoms with Crippen LogP contribution >= 0.6 is 11.3 Å². The van der Waals surface area contributed by atoms with Crippen LogP contribution in [0, 0.1) is 6.92 Å². The Balaban J connectivity index is 2.77. The first-order valence-electron chi connectivity index (χ1n) is 5.78. The number of hydrogen-bond acceptors (Lipinski definition) is 5. The second-order valence-corrected chi connectivity index (χ2v) is 5.86. The van der Waals surface area contributed by atoms with Crippen LogP contribution in [-0.4, -0.2) is 23.1 Å². The van der Waals surface area contributed by atoms with E-state index in [9.17, 15) is 4.79 Å². The van der Waals surface area contributed by atoms with Gasteiger partial charge in [-0.1, -0.05) is 18.3 Å². The third-order valence-corrected chi connectivity index (χ3v) is 3.00. The molecule has 1 rings (SSSR count). The topological polar surface area (TPSA) is 51.2 Å². The highest BCUT2D eigenvalue weighted by Crippen LogP contribution is 2.24. The van der Waals surface area contributed by atoms with Gasteiger partial charge in [-0.25, -0.2) is 9.78 Å². The summed E-state index contributed by atoms with van der Waals surface area (Å²) in [6, 6.07) is 0. The van der Waals surface area contributed by atoms with Crippen molar-refractivity contribution in [2.75, 3.05) is 11.9 Å². The highest BCUT2D eigenvalue weighted by molar-refractivity contribution is 7.17.